The van der Waals surface area contributed by atoms with E-state index in [1.165, 1.54) is 24.0 Å². The minimum atomic E-state index is 0.531. The molecule has 1 fully saturated rings. The van der Waals surface area contributed by atoms with E-state index in [1.54, 1.807) is 14.2 Å². The van der Waals surface area contributed by atoms with Gasteiger partial charge in [0.2, 0.25) is 0 Å². The molecule has 0 saturated carbocycles. The van der Waals surface area contributed by atoms with Gasteiger partial charge in [-0.05, 0) is 57.4 Å². The van der Waals surface area contributed by atoms with E-state index < -0.39 is 0 Å². The lowest BCUT2D eigenvalue weighted by Gasteiger charge is -2.39. The summed E-state index contributed by atoms with van der Waals surface area (Å²) in [5.41, 5.74) is 2.51. The van der Waals surface area contributed by atoms with Crippen LogP contribution in [0.3, 0.4) is 0 Å². The molecule has 3 rings (SSSR count). The summed E-state index contributed by atoms with van der Waals surface area (Å²) in [6.07, 6.45) is 6.36. The van der Waals surface area contributed by atoms with Crippen molar-refractivity contribution in [3.8, 4) is 11.5 Å². The Morgan fingerprint density at radius 3 is 2.72 bits per heavy atom. The molecule has 0 N–H and O–H groups in total. The van der Waals surface area contributed by atoms with E-state index in [4.69, 9.17) is 14.5 Å². The van der Waals surface area contributed by atoms with E-state index in [0.717, 1.165) is 55.6 Å². The molecule has 0 spiro atoms. The lowest BCUT2D eigenvalue weighted by Crippen LogP contribution is -2.47. The highest BCUT2D eigenvalue weighted by atomic mass is 16.5. The van der Waals surface area contributed by atoms with Crippen LogP contribution in [0.2, 0.25) is 0 Å². The number of ether oxygens (including phenoxy) is 2. The Hall–Kier alpha value is -2.34. The standard InChI is InChI=1S/C23H34N4O2/c1-6-19-15-24-17(2)25-23(19)27-12-7-8-20(16-27)26(3)13-11-18-9-10-21(28-4)22(14-18)29-5/h9-10,14-15,20H,6-8,11-13,16H2,1-5H3. The van der Waals surface area contributed by atoms with Crippen LogP contribution >= 0.6 is 0 Å². The van der Waals surface area contributed by atoms with Crippen LogP contribution in [0.15, 0.2) is 24.4 Å². The molecule has 158 valence electrons. The number of aromatic nitrogens is 2. The lowest BCUT2D eigenvalue weighted by atomic mass is 10.0. The molecule has 2 aromatic rings. The number of hydrogen-bond donors (Lipinski definition) is 0. The van der Waals surface area contributed by atoms with Crippen LogP contribution in [-0.2, 0) is 12.8 Å². The van der Waals surface area contributed by atoms with Crippen molar-refractivity contribution in [2.75, 3.05) is 45.8 Å². The van der Waals surface area contributed by atoms with Crippen LogP contribution in [0.1, 0.15) is 36.7 Å². The van der Waals surface area contributed by atoms with Crippen molar-refractivity contribution < 1.29 is 9.47 Å². The van der Waals surface area contributed by atoms with Crippen molar-refractivity contribution >= 4 is 5.82 Å². The molecule has 1 saturated heterocycles. The van der Waals surface area contributed by atoms with Gasteiger partial charge >= 0.3 is 0 Å². The maximum Gasteiger partial charge on any atom is 0.160 e. The number of piperidine rings is 1. The Balaban J connectivity index is 1.63. The van der Waals surface area contributed by atoms with Gasteiger partial charge in [-0.2, -0.15) is 0 Å². The number of likely N-dealkylation sites (N-methyl/N-ethyl adjacent to an activating group) is 1. The molecule has 0 radical (unpaired) electrons. The minimum absolute atomic E-state index is 0.531. The predicted molar refractivity (Wildman–Crippen MR) is 117 cm³/mol. The van der Waals surface area contributed by atoms with Gasteiger partial charge in [0.15, 0.2) is 11.5 Å². The molecule has 1 aromatic carbocycles. The zero-order valence-electron chi connectivity index (χ0n) is 18.4. The number of methoxy groups -OCH3 is 2. The molecule has 0 bridgehead atoms. The van der Waals surface area contributed by atoms with Gasteiger partial charge in [0.1, 0.15) is 11.6 Å². The average molecular weight is 399 g/mol. The topological polar surface area (TPSA) is 50.7 Å². The van der Waals surface area contributed by atoms with Crippen LogP contribution in [0.25, 0.3) is 0 Å². The van der Waals surface area contributed by atoms with Gasteiger partial charge in [-0.3, -0.25) is 0 Å². The summed E-state index contributed by atoms with van der Waals surface area (Å²) in [5.74, 6) is 3.54. The largest absolute Gasteiger partial charge is 0.493 e. The molecule has 1 unspecified atom stereocenters. The molecular weight excluding hydrogens is 364 g/mol. The fraction of sp³-hybridized carbons (Fsp3) is 0.565. The molecule has 1 aliphatic rings. The van der Waals surface area contributed by atoms with Crippen molar-refractivity contribution in [3.05, 3.63) is 41.3 Å². The fourth-order valence-corrected chi connectivity index (χ4v) is 4.04. The summed E-state index contributed by atoms with van der Waals surface area (Å²) in [4.78, 5) is 14.1. The van der Waals surface area contributed by atoms with Gasteiger partial charge in [-0.15, -0.1) is 0 Å². The summed E-state index contributed by atoms with van der Waals surface area (Å²) in [7, 11) is 5.59. The van der Waals surface area contributed by atoms with Gasteiger partial charge in [0.25, 0.3) is 0 Å². The number of nitrogens with zero attached hydrogens (tertiary/aromatic N) is 4. The van der Waals surface area contributed by atoms with Gasteiger partial charge in [-0.25, -0.2) is 9.97 Å². The summed E-state index contributed by atoms with van der Waals surface area (Å²) in [6, 6.07) is 6.72. The van der Waals surface area contributed by atoms with Gasteiger partial charge in [-0.1, -0.05) is 13.0 Å². The summed E-state index contributed by atoms with van der Waals surface area (Å²) in [5, 5.41) is 0. The van der Waals surface area contributed by atoms with Crippen molar-refractivity contribution in [3.63, 3.8) is 0 Å². The third kappa shape index (κ3) is 5.18. The second-order valence-corrected chi connectivity index (χ2v) is 7.78. The number of benzene rings is 1. The minimum Gasteiger partial charge on any atom is -0.493 e. The third-order valence-electron chi connectivity index (χ3n) is 5.86. The highest BCUT2D eigenvalue weighted by Crippen LogP contribution is 2.28. The fourth-order valence-electron chi connectivity index (χ4n) is 4.04. The Morgan fingerprint density at radius 1 is 1.21 bits per heavy atom. The van der Waals surface area contributed by atoms with E-state index >= 15 is 0 Å². The molecule has 2 heterocycles. The molecular formula is C23H34N4O2. The zero-order chi connectivity index (χ0) is 20.8. The smallest absolute Gasteiger partial charge is 0.160 e. The first-order valence-electron chi connectivity index (χ1n) is 10.5. The Morgan fingerprint density at radius 2 is 2.00 bits per heavy atom. The molecule has 1 aliphatic heterocycles. The molecule has 1 aromatic heterocycles. The van der Waals surface area contributed by atoms with Gasteiger partial charge in [0, 0.05) is 37.4 Å². The second-order valence-electron chi connectivity index (χ2n) is 7.78. The number of aryl methyl sites for hydroxylation is 2. The van der Waals surface area contributed by atoms with E-state index in [2.05, 4.69) is 40.9 Å². The first kappa shape index (κ1) is 21.4. The maximum atomic E-state index is 5.44. The highest BCUT2D eigenvalue weighted by Gasteiger charge is 2.25. The second kappa shape index (κ2) is 9.92. The van der Waals surface area contributed by atoms with Crippen LogP contribution in [0.4, 0.5) is 5.82 Å². The lowest BCUT2D eigenvalue weighted by molar-refractivity contribution is 0.217. The van der Waals surface area contributed by atoms with Crippen LogP contribution in [0, 0.1) is 6.92 Å². The van der Waals surface area contributed by atoms with Gasteiger partial charge < -0.3 is 19.3 Å². The highest BCUT2D eigenvalue weighted by molar-refractivity contribution is 5.47. The Kier molecular flexibility index (Phi) is 7.31. The van der Waals surface area contributed by atoms with Crippen molar-refractivity contribution in [1.82, 2.24) is 14.9 Å². The van der Waals surface area contributed by atoms with Gasteiger partial charge in [0.05, 0.1) is 14.2 Å². The Bertz CT molecular complexity index is 811. The van der Waals surface area contributed by atoms with E-state index in [1.807, 2.05) is 19.2 Å². The summed E-state index contributed by atoms with van der Waals surface area (Å²) in [6.45, 7) is 7.25. The SMILES string of the molecule is CCc1cnc(C)nc1N1CCCC(N(C)CCc2ccc(OC)c(OC)c2)C1. The molecule has 29 heavy (non-hydrogen) atoms. The number of rotatable bonds is 8. The van der Waals surface area contributed by atoms with E-state index in [0.29, 0.717) is 6.04 Å². The van der Waals surface area contributed by atoms with Crippen molar-refractivity contribution in [1.29, 1.82) is 0 Å². The zero-order valence-corrected chi connectivity index (χ0v) is 18.4. The summed E-state index contributed by atoms with van der Waals surface area (Å²) >= 11 is 0. The third-order valence-corrected chi connectivity index (χ3v) is 5.86. The van der Waals surface area contributed by atoms with Crippen molar-refractivity contribution in [2.24, 2.45) is 0 Å². The van der Waals surface area contributed by atoms with Crippen LogP contribution in [-0.4, -0.2) is 61.8 Å². The van der Waals surface area contributed by atoms with Crippen molar-refractivity contribution in [2.45, 2.75) is 45.6 Å². The number of hydrogen-bond acceptors (Lipinski definition) is 6. The van der Waals surface area contributed by atoms with Crippen LogP contribution in [0.5, 0.6) is 11.5 Å². The first-order valence-corrected chi connectivity index (χ1v) is 10.5. The van der Waals surface area contributed by atoms with Crippen LogP contribution < -0.4 is 14.4 Å². The van der Waals surface area contributed by atoms with E-state index in [9.17, 15) is 0 Å². The molecule has 6 nitrogen and oxygen atoms in total. The molecule has 0 aliphatic carbocycles. The summed E-state index contributed by atoms with van der Waals surface area (Å²) < 4.78 is 10.8. The maximum absolute atomic E-state index is 5.44. The van der Waals surface area contributed by atoms with E-state index in [-0.39, 0.29) is 0 Å². The molecule has 0 amide bonds. The number of anilines is 1. The monoisotopic (exact) mass is 398 g/mol. The quantitative estimate of drug-likeness (QED) is 0.678. The average Bonchev–Trinajstić information content (AvgIpc) is 2.77. The predicted octanol–water partition coefficient (Wildman–Crippen LogP) is 3.51. The molecule has 6 heteroatoms. The first-order chi connectivity index (χ1) is 14.0. The molecule has 1 atom stereocenters. The Labute approximate surface area is 174 Å². The normalized spacial score (nSPS) is 16.9.